The second-order valence-corrected chi connectivity index (χ2v) is 4.66. The number of nitrogens with two attached hydrogens (primary N) is 1. The molecule has 98 valence electrons. The van der Waals surface area contributed by atoms with Crippen molar-refractivity contribution in [1.29, 1.82) is 0 Å². The molecule has 0 aliphatic heterocycles. The average molecular weight is 256 g/mol. The molecule has 1 unspecified atom stereocenters. The molecule has 3 N–H and O–H groups in total. The Morgan fingerprint density at radius 2 is 1.79 bits per heavy atom. The summed E-state index contributed by atoms with van der Waals surface area (Å²) in [7, 11) is 0. The molecule has 5 nitrogen and oxygen atoms in total. The van der Waals surface area contributed by atoms with Crippen molar-refractivity contribution in [3.63, 3.8) is 0 Å². The SMILES string of the molecule is NNC(c1ccc(OC2CC2)cc1)c1cncnc1. The van der Waals surface area contributed by atoms with Gasteiger partial charge in [-0.15, -0.1) is 0 Å². The van der Waals surface area contributed by atoms with E-state index < -0.39 is 0 Å². The zero-order valence-electron chi connectivity index (χ0n) is 10.5. The van der Waals surface area contributed by atoms with E-state index in [0.717, 1.165) is 29.7 Å². The molecule has 1 aromatic carbocycles. The number of benzene rings is 1. The van der Waals surface area contributed by atoms with Gasteiger partial charge in [-0.2, -0.15) is 0 Å². The van der Waals surface area contributed by atoms with Crippen LogP contribution in [0, 0.1) is 0 Å². The smallest absolute Gasteiger partial charge is 0.119 e. The van der Waals surface area contributed by atoms with Crippen LogP contribution in [0.25, 0.3) is 0 Å². The highest BCUT2D eigenvalue weighted by molar-refractivity contribution is 5.34. The van der Waals surface area contributed by atoms with Crippen LogP contribution in [0.4, 0.5) is 0 Å². The van der Waals surface area contributed by atoms with Gasteiger partial charge in [-0.1, -0.05) is 12.1 Å². The van der Waals surface area contributed by atoms with Crippen LogP contribution in [-0.4, -0.2) is 16.1 Å². The molecule has 1 aliphatic rings. The van der Waals surface area contributed by atoms with E-state index in [-0.39, 0.29) is 6.04 Å². The van der Waals surface area contributed by atoms with E-state index in [4.69, 9.17) is 10.6 Å². The minimum atomic E-state index is -0.115. The summed E-state index contributed by atoms with van der Waals surface area (Å²) in [4.78, 5) is 8.03. The molecule has 1 fully saturated rings. The Labute approximate surface area is 111 Å². The Morgan fingerprint density at radius 1 is 1.11 bits per heavy atom. The van der Waals surface area contributed by atoms with Gasteiger partial charge < -0.3 is 4.74 Å². The average Bonchev–Trinajstić information content (AvgIpc) is 3.27. The number of nitrogens with zero attached hydrogens (tertiary/aromatic N) is 2. The van der Waals surface area contributed by atoms with Crippen molar-refractivity contribution >= 4 is 0 Å². The molecule has 1 heterocycles. The van der Waals surface area contributed by atoms with E-state index in [0.29, 0.717) is 6.10 Å². The van der Waals surface area contributed by atoms with Crippen LogP contribution < -0.4 is 16.0 Å². The van der Waals surface area contributed by atoms with Gasteiger partial charge in [0.2, 0.25) is 0 Å². The summed E-state index contributed by atoms with van der Waals surface area (Å²) in [5.74, 6) is 6.54. The maximum atomic E-state index is 5.72. The molecule has 1 atom stereocenters. The van der Waals surface area contributed by atoms with Crippen LogP contribution in [0.15, 0.2) is 43.0 Å². The Bertz CT molecular complexity index is 525. The zero-order valence-corrected chi connectivity index (χ0v) is 10.5. The molecule has 0 amide bonds. The Hall–Kier alpha value is -1.98. The van der Waals surface area contributed by atoms with E-state index in [9.17, 15) is 0 Å². The van der Waals surface area contributed by atoms with Crippen molar-refractivity contribution in [3.8, 4) is 5.75 Å². The molecular formula is C14H16N4O. The molecule has 1 aromatic heterocycles. The monoisotopic (exact) mass is 256 g/mol. The summed E-state index contributed by atoms with van der Waals surface area (Å²) in [5.41, 5.74) is 4.77. The Morgan fingerprint density at radius 3 is 2.37 bits per heavy atom. The molecule has 1 aliphatic carbocycles. The fraction of sp³-hybridized carbons (Fsp3) is 0.286. The van der Waals surface area contributed by atoms with E-state index in [1.807, 2.05) is 24.3 Å². The molecule has 3 rings (SSSR count). The van der Waals surface area contributed by atoms with Gasteiger partial charge in [0.15, 0.2) is 0 Å². The standard InChI is InChI=1S/C14H16N4O/c15-18-14(11-7-16-9-17-8-11)10-1-3-12(4-2-10)19-13-5-6-13/h1-4,7-9,13-14,18H,5-6,15H2. The molecule has 0 spiro atoms. The summed E-state index contributed by atoms with van der Waals surface area (Å²) >= 11 is 0. The fourth-order valence-corrected chi connectivity index (χ4v) is 1.96. The van der Waals surface area contributed by atoms with E-state index in [1.165, 1.54) is 6.33 Å². The van der Waals surface area contributed by atoms with Gasteiger partial charge >= 0.3 is 0 Å². The number of hydrogen-bond acceptors (Lipinski definition) is 5. The van der Waals surface area contributed by atoms with Crippen LogP contribution in [0.5, 0.6) is 5.75 Å². The first kappa shape index (κ1) is 12.1. The van der Waals surface area contributed by atoms with Gasteiger partial charge in [-0.05, 0) is 30.5 Å². The molecule has 5 heteroatoms. The lowest BCUT2D eigenvalue weighted by Crippen LogP contribution is -2.29. The van der Waals surface area contributed by atoms with Crippen LogP contribution in [-0.2, 0) is 0 Å². The zero-order chi connectivity index (χ0) is 13.1. The van der Waals surface area contributed by atoms with Crippen LogP contribution in [0.2, 0.25) is 0 Å². The third kappa shape index (κ3) is 2.89. The van der Waals surface area contributed by atoms with Gasteiger partial charge in [0.05, 0.1) is 12.1 Å². The summed E-state index contributed by atoms with van der Waals surface area (Å²) < 4.78 is 5.72. The van der Waals surface area contributed by atoms with Gasteiger partial charge in [-0.3, -0.25) is 5.84 Å². The van der Waals surface area contributed by atoms with Crippen LogP contribution in [0.3, 0.4) is 0 Å². The Balaban J connectivity index is 1.79. The topological polar surface area (TPSA) is 73.1 Å². The Kier molecular flexibility index (Phi) is 3.39. The van der Waals surface area contributed by atoms with Crippen molar-refractivity contribution < 1.29 is 4.74 Å². The molecule has 0 saturated heterocycles. The molecule has 2 aromatic rings. The van der Waals surface area contributed by atoms with Crippen LogP contribution in [0.1, 0.15) is 30.0 Å². The molecule has 19 heavy (non-hydrogen) atoms. The van der Waals surface area contributed by atoms with Crippen LogP contribution >= 0.6 is 0 Å². The second-order valence-electron chi connectivity index (χ2n) is 4.66. The van der Waals surface area contributed by atoms with Gasteiger partial charge in [0.1, 0.15) is 12.1 Å². The summed E-state index contributed by atoms with van der Waals surface area (Å²) in [6, 6.07) is 7.85. The number of ether oxygens (including phenoxy) is 1. The number of rotatable bonds is 5. The third-order valence-electron chi connectivity index (χ3n) is 3.12. The highest BCUT2D eigenvalue weighted by Gasteiger charge is 2.23. The minimum absolute atomic E-state index is 0.115. The quantitative estimate of drug-likeness (QED) is 0.627. The van der Waals surface area contributed by atoms with E-state index in [1.54, 1.807) is 12.4 Å². The number of hydrazine groups is 1. The molecule has 1 saturated carbocycles. The lowest BCUT2D eigenvalue weighted by atomic mass is 10.0. The van der Waals surface area contributed by atoms with Crippen molar-refractivity contribution in [3.05, 3.63) is 54.1 Å². The first-order valence-electron chi connectivity index (χ1n) is 6.34. The predicted molar refractivity (Wildman–Crippen MR) is 71.3 cm³/mol. The normalized spacial score (nSPS) is 16.1. The van der Waals surface area contributed by atoms with Gasteiger partial charge in [0, 0.05) is 18.0 Å². The highest BCUT2D eigenvalue weighted by Crippen LogP contribution is 2.28. The summed E-state index contributed by atoms with van der Waals surface area (Å²) in [6.07, 6.45) is 7.76. The van der Waals surface area contributed by atoms with Crippen molar-refractivity contribution in [2.75, 3.05) is 0 Å². The van der Waals surface area contributed by atoms with Crippen molar-refractivity contribution in [2.24, 2.45) is 5.84 Å². The predicted octanol–water partition coefficient (Wildman–Crippen LogP) is 1.57. The summed E-state index contributed by atoms with van der Waals surface area (Å²) in [6.45, 7) is 0. The van der Waals surface area contributed by atoms with Crippen molar-refractivity contribution in [1.82, 2.24) is 15.4 Å². The second kappa shape index (κ2) is 5.34. The van der Waals surface area contributed by atoms with Crippen molar-refractivity contribution in [2.45, 2.75) is 25.0 Å². The lowest BCUT2D eigenvalue weighted by Gasteiger charge is -2.16. The molecular weight excluding hydrogens is 240 g/mol. The maximum Gasteiger partial charge on any atom is 0.119 e. The van der Waals surface area contributed by atoms with Gasteiger partial charge in [-0.25, -0.2) is 15.4 Å². The third-order valence-corrected chi connectivity index (χ3v) is 3.12. The number of nitrogens with one attached hydrogen (secondary N) is 1. The molecule has 0 bridgehead atoms. The fourth-order valence-electron chi connectivity index (χ4n) is 1.96. The lowest BCUT2D eigenvalue weighted by molar-refractivity contribution is 0.303. The van der Waals surface area contributed by atoms with Gasteiger partial charge in [0.25, 0.3) is 0 Å². The first-order valence-corrected chi connectivity index (χ1v) is 6.34. The molecule has 0 radical (unpaired) electrons. The first-order chi connectivity index (χ1) is 9.36. The summed E-state index contributed by atoms with van der Waals surface area (Å²) in [5, 5.41) is 0. The minimum Gasteiger partial charge on any atom is -0.490 e. The number of aromatic nitrogens is 2. The maximum absolute atomic E-state index is 5.72. The van der Waals surface area contributed by atoms with E-state index in [2.05, 4.69) is 15.4 Å². The number of hydrogen-bond donors (Lipinski definition) is 2. The van der Waals surface area contributed by atoms with E-state index >= 15 is 0 Å². The largest absolute Gasteiger partial charge is 0.490 e. The highest BCUT2D eigenvalue weighted by atomic mass is 16.5.